The maximum atomic E-state index is 12.7. The van der Waals surface area contributed by atoms with Crippen LogP contribution < -0.4 is 10.1 Å². The van der Waals surface area contributed by atoms with Crippen LogP contribution in [0.1, 0.15) is 47.4 Å². The summed E-state index contributed by atoms with van der Waals surface area (Å²) in [5.74, 6) is 0.500. The van der Waals surface area contributed by atoms with Gasteiger partial charge >= 0.3 is 0 Å². The van der Waals surface area contributed by atoms with E-state index < -0.39 is 0 Å². The van der Waals surface area contributed by atoms with Gasteiger partial charge in [0.2, 0.25) is 0 Å². The van der Waals surface area contributed by atoms with Gasteiger partial charge in [-0.15, -0.1) is 0 Å². The van der Waals surface area contributed by atoms with Gasteiger partial charge in [-0.05, 0) is 71.8 Å². The van der Waals surface area contributed by atoms with Crippen LogP contribution in [0.3, 0.4) is 0 Å². The second-order valence-corrected chi connectivity index (χ2v) is 7.34. The number of amides is 2. The Morgan fingerprint density at radius 1 is 1.04 bits per heavy atom. The summed E-state index contributed by atoms with van der Waals surface area (Å²) in [6.45, 7) is 5.58. The Morgan fingerprint density at radius 2 is 1.74 bits per heavy atom. The number of halogens is 1. The van der Waals surface area contributed by atoms with Crippen molar-refractivity contribution in [2.24, 2.45) is 0 Å². The minimum absolute atomic E-state index is 0.00575. The molecule has 0 fully saturated rings. The number of carbonyl (C=O) groups is 2. The highest BCUT2D eigenvalue weighted by Gasteiger charge is 2.15. The first kappa shape index (κ1) is 21.2. The van der Waals surface area contributed by atoms with Crippen molar-refractivity contribution in [1.82, 2.24) is 4.90 Å². The minimum Gasteiger partial charge on any atom is -0.496 e. The Morgan fingerprint density at radius 3 is 2.33 bits per heavy atom. The van der Waals surface area contributed by atoms with Gasteiger partial charge in [0.25, 0.3) is 11.8 Å². The standard InChI is InChI=1S/C21H25IN2O3/c1-4-11-24(12-5-2)21(26)16-7-6-8-17(13-16)23-20(25)15-9-10-19(27-3)18(22)14-15/h6-10,13-14H,4-5,11-12H2,1-3H3,(H,23,25). The first-order valence-electron chi connectivity index (χ1n) is 9.04. The van der Waals surface area contributed by atoms with Crippen LogP contribution in [0.15, 0.2) is 42.5 Å². The number of ether oxygens (including phenoxy) is 1. The lowest BCUT2D eigenvalue weighted by atomic mass is 10.1. The van der Waals surface area contributed by atoms with Gasteiger partial charge in [-0.2, -0.15) is 0 Å². The molecule has 0 aliphatic rings. The largest absolute Gasteiger partial charge is 0.496 e. The maximum absolute atomic E-state index is 12.7. The molecule has 0 aliphatic heterocycles. The van der Waals surface area contributed by atoms with Gasteiger partial charge in [-0.1, -0.05) is 19.9 Å². The second kappa shape index (κ2) is 10.3. The number of carbonyl (C=O) groups excluding carboxylic acids is 2. The monoisotopic (exact) mass is 480 g/mol. The van der Waals surface area contributed by atoms with Gasteiger partial charge in [0.05, 0.1) is 10.7 Å². The molecule has 0 aliphatic carbocycles. The minimum atomic E-state index is -0.223. The molecule has 5 nitrogen and oxygen atoms in total. The molecule has 0 heterocycles. The van der Waals surface area contributed by atoms with Crippen LogP contribution in [0.4, 0.5) is 5.69 Å². The molecule has 0 saturated heterocycles. The molecule has 2 aromatic carbocycles. The Hall–Kier alpha value is -2.09. The number of benzene rings is 2. The molecule has 0 radical (unpaired) electrons. The molecule has 2 aromatic rings. The van der Waals surface area contributed by atoms with Crippen molar-refractivity contribution in [1.29, 1.82) is 0 Å². The normalized spacial score (nSPS) is 10.4. The molecule has 6 heteroatoms. The number of hydrogen-bond acceptors (Lipinski definition) is 3. The van der Waals surface area contributed by atoms with E-state index in [9.17, 15) is 9.59 Å². The molecule has 2 rings (SSSR count). The molecule has 0 bridgehead atoms. The van der Waals surface area contributed by atoms with Gasteiger partial charge in [0.15, 0.2) is 0 Å². The highest BCUT2D eigenvalue weighted by atomic mass is 127. The lowest BCUT2D eigenvalue weighted by Crippen LogP contribution is -2.32. The smallest absolute Gasteiger partial charge is 0.255 e. The van der Waals surface area contributed by atoms with E-state index in [1.807, 2.05) is 4.90 Å². The third-order valence-corrected chi connectivity index (χ3v) is 4.90. The lowest BCUT2D eigenvalue weighted by Gasteiger charge is -2.21. The third kappa shape index (κ3) is 5.69. The fraction of sp³-hybridized carbons (Fsp3) is 0.333. The van der Waals surface area contributed by atoms with Gasteiger partial charge in [-0.3, -0.25) is 9.59 Å². The van der Waals surface area contributed by atoms with Crippen molar-refractivity contribution < 1.29 is 14.3 Å². The van der Waals surface area contributed by atoms with E-state index in [0.29, 0.717) is 16.8 Å². The van der Waals surface area contributed by atoms with Crippen LogP contribution >= 0.6 is 22.6 Å². The van der Waals surface area contributed by atoms with Gasteiger partial charge in [0, 0.05) is 29.9 Å². The summed E-state index contributed by atoms with van der Waals surface area (Å²) in [7, 11) is 1.60. The summed E-state index contributed by atoms with van der Waals surface area (Å²) in [6.07, 6.45) is 1.83. The maximum Gasteiger partial charge on any atom is 0.255 e. The molecular weight excluding hydrogens is 455 g/mol. The van der Waals surface area contributed by atoms with E-state index in [-0.39, 0.29) is 11.8 Å². The average molecular weight is 480 g/mol. The highest BCUT2D eigenvalue weighted by molar-refractivity contribution is 14.1. The number of rotatable bonds is 8. The summed E-state index contributed by atoms with van der Waals surface area (Å²) in [4.78, 5) is 27.1. The SMILES string of the molecule is CCCN(CCC)C(=O)c1cccc(NC(=O)c2ccc(OC)c(I)c2)c1. The second-order valence-electron chi connectivity index (χ2n) is 6.18. The van der Waals surface area contributed by atoms with Crippen molar-refractivity contribution in [3.63, 3.8) is 0 Å². The third-order valence-electron chi connectivity index (χ3n) is 4.06. The summed E-state index contributed by atoms with van der Waals surface area (Å²) >= 11 is 2.13. The molecule has 0 aromatic heterocycles. The van der Waals surface area contributed by atoms with Crippen molar-refractivity contribution >= 4 is 40.1 Å². The van der Waals surface area contributed by atoms with E-state index in [1.54, 1.807) is 49.6 Å². The van der Waals surface area contributed by atoms with E-state index in [1.165, 1.54) is 0 Å². The summed E-state index contributed by atoms with van der Waals surface area (Å²) < 4.78 is 6.08. The van der Waals surface area contributed by atoms with Crippen LogP contribution in [-0.2, 0) is 0 Å². The van der Waals surface area contributed by atoms with Crippen LogP contribution in [0.2, 0.25) is 0 Å². The highest BCUT2D eigenvalue weighted by Crippen LogP contribution is 2.22. The topological polar surface area (TPSA) is 58.6 Å². The Labute approximate surface area is 174 Å². The van der Waals surface area contributed by atoms with E-state index in [0.717, 1.165) is 35.3 Å². The van der Waals surface area contributed by atoms with E-state index >= 15 is 0 Å². The molecule has 0 spiro atoms. The lowest BCUT2D eigenvalue weighted by molar-refractivity contribution is 0.0755. The fourth-order valence-corrected chi connectivity index (χ4v) is 3.51. The fourth-order valence-electron chi connectivity index (χ4n) is 2.78. The molecular formula is C21H25IN2O3. The molecule has 144 valence electrons. The number of hydrogen-bond donors (Lipinski definition) is 1. The van der Waals surface area contributed by atoms with Crippen LogP contribution in [-0.4, -0.2) is 36.9 Å². The molecule has 0 saturated carbocycles. The molecule has 0 unspecified atom stereocenters. The summed E-state index contributed by atoms with van der Waals surface area (Å²) in [6, 6.07) is 12.3. The van der Waals surface area contributed by atoms with Crippen LogP contribution in [0, 0.1) is 3.57 Å². The molecule has 27 heavy (non-hydrogen) atoms. The molecule has 1 N–H and O–H groups in total. The first-order valence-corrected chi connectivity index (χ1v) is 10.1. The quantitative estimate of drug-likeness (QED) is 0.552. The zero-order valence-corrected chi connectivity index (χ0v) is 18.1. The summed E-state index contributed by atoms with van der Waals surface area (Å²) in [5.41, 5.74) is 1.72. The van der Waals surface area contributed by atoms with Gasteiger partial charge < -0.3 is 15.0 Å². The molecule has 2 amide bonds. The van der Waals surface area contributed by atoms with Crippen LogP contribution in [0.5, 0.6) is 5.75 Å². The average Bonchev–Trinajstić information content (AvgIpc) is 2.67. The van der Waals surface area contributed by atoms with Crippen molar-refractivity contribution in [2.75, 3.05) is 25.5 Å². The number of nitrogens with one attached hydrogen (secondary N) is 1. The number of nitrogens with zero attached hydrogens (tertiary/aromatic N) is 1. The van der Waals surface area contributed by atoms with Crippen molar-refractivity contribution in [3.05, 3.63) is 57.2 Å². The zero-order chi connectivity index (χ0) is 19.8. The number of methoxy groups -OCH3 is 1. The zero-order valence-electron chi connectivity index (χ0n) is 15.9. The van der Waals surface area contributed by atoms with E-state index in [4.69, 9.17) is 4.74 Å². The Bertz CT molecular complexity index is 802. The predicted octanol–water partition coefficient (Wildman–Crippen LogP) is 4.81. The molecule has 0 atom stereocenters. The number of anilines is 1. The Kier molecular flexibility index (Phi) is 8.09. The van der Waals surface area contributed by atoms with Crippen molar-refractivity contribution in [3.8, 4) is 5.75 Å². The Balaban J connectivity index is 2.16. The van der Waals surface area contributed by atoms with Gasteiger partial charge in [0.1, 0.15) is 5.75 Å². The van der Waals surface area contributed by atoms with Gasteiger partial charge in [-0.25, -0.2) is 0 Å². The predicted molar refractivity (Wildman–Crippen MR) is 117 cm³/mol. The van der Waals surface area contributed by atoms with E-state index in [2.05, 4.69) is 41.8 Å². The van der Waals surface area contributed by atoms with Crippen LogP contribution in [0.25, 0.3) is 0 Å². The summed E-state index contributed by atoms with van der Waals surface area (Å²) in [5, 5.41) is 2.87. The van der Waals surface area contributed by atoms with Crippen molar-refractivity contribution in [2.45, 2.75) is 26.7 Å². The first-order chi connectivity index (χ1) is 13.0.